The van der Waals surface area contributed by atoms with Gasteiger partial charge in [0.25, 0.3) is 0 Å². The van der Waals surface area contributed by atoms with Crippen LogP contribution in [0.25, 0.3) is 0 Å². The van der Waals surface area contributed by atoms with Gasteiger partial charge in [-0.3, -0.25) is 9.59 Å². The van der Waals surface area contributed by atoms with E-state index in [-0.39, 0.29) is 22.5 Å². The summed E-state index contributed by atoms with van der Waals surface area (Å²) in [6.07, 6.45) is 4.21. The van der Waals surface area contributed by atoms with Crippen LogP contribution in [-0.2, 0) is 9.59 Å². The van der Waals surface area contributed by atoms with E-state index in [2.05, 4.69) is 13.8 Å². The number of allylic oxidation sites excluding steroid dienone is 1. The van der Waals surface area contributed by atoms with E-state index < -0.39 is 11.9 Å². The second-order valence-corrected chi connectivity index (χ2v) is 6.45. The molecule has 18 heavy (non-hydrogen) atoms. The Labute approximate surface area is 108 Å². The minimum absolute atomic E-state index is 0.0350. The van der Waals surface area contributed by atoms with Crippen molar-refractivity contribution < 1.29 is 14.7 Å². The van der Waals surface area contributed by atoms with Gasteiger partial charge >= 0.3 is 5.97 Å². The molecule has 0 amide bonds. The van der Waals surface area contributed by atoms with Gasteiger partial charge in [0.1, 0.15) is 0 Å². The maximum atomic E-state index is 12.5. The third-order valence-corrected chi connectivity index (χ3v) is 5.50. The Kier molecular flexibility index (Phi) is 2.91. The molecule has 3 nitrogen and oxygen atoms in total. The average Bonchev–Trinajstić information content (AvgIpc) is 2.59. The Morgan fingerprint density at radius 3 is 2.50 bits per heavy atom. The van der Waals surface area contributed by atoms with E-state index in [0.29, 0.717) is 6.42 Å². The van der Waals surface area contributed by atoms with E-state index in [1.807, 2.05) is 13.8 Å². The van der Waals surface area contributed by atoms with Crippen molar-refractivity contribution in [2.45, 2.75) is 47.0 Å². The number of carboxylic acids is 1. The van der Waals surface area contributed by atoms with Gasteiger partial charge in [-0.25, -0.2) is 0 Å². The van der Waals surface area contributed by atoms with E-state index in [1.54, 1.807) is 6.08 Å². The number of hydrogen-bond acceptors (Lipinski definition) is 2. The van der Waals surface area contributed by atoms with Gasteiger partial charge in [-0.15, -0.1) is 0 Å². The second-order valence-electron chi connectivity index (χ2n) is 6.45. The van der Waals surface area contributed by atoms with Crippen LogP contribution in [0, 0.1) is 22.7 Å². The molecule has 0 aromatic rings. The number of carbonyl (C=O) groups excluding carboxylic acids is 1. The van der Waals surface area contributed by atoms with Crippen molar-refractivity contribution in [3.8, 4) is 0 Å². The molecular formula is C15H22O3. The molecule has 3 atom stereocenters. The van der Waals surface area contributed by atoms with Crippen LogP contribution in [0.2, 0.25) is 0 Å². The van der Waals surface area contributed by atoms with Gasteiger partial charge in [0.15, 0.2) is 5.78 Å². The van der Waals surface area contributed by atoms with Gasteiger partial charge in [0.2, 0.25) is 0 Å². The summed E-state index contributed by atoms with van der Waals surface area (Å²) in [7, 11) is 0. The molecule has 0 spiro atoms. The van der Waals surface area contributed by atoms with E-state index in [4.69, 9.17) is 5.11 Å². The van der Waals surface area contributed by atoms with Crippen molar-refractivity contribution in [1.82, 2.24) is 0 Å². The molecule has 2 fully saturated rings. The second kappa shape index (κ2) is 3.94. The minimum atomic E-state index is -0.830. The molecule has 3 unspecified atom stereocenters. The maximum Gasteiger partial charge on any atom is 0.310 e. The van der Waals surface area contributed by atoms with Crippen LogP contribution in [0.5, 0.6) is 0 Å². The number of rotatable bonds is 3. The van der Waals surface area contributed by atoms with Gasteiger partial charge in [-0.1, -0.05) is 33.8 Å². The lowest BCUT2D eigenvalue weighted by Gasteiger charge is -2.31. The first-order chi connectivity index (χ1) is 8.25. The summed E-state index contributed by atoms with van der Waals surface area (Å²) in [6.45, 7) is 8.18. The lowest BCUT2D eigenvalue weighted by molar-refractivity contribution is -0.140. The molecule has 0 aromatic heterocycles. The molecule has 2 rings (SSSR count). The maximum absolute atomic E-state index is 12.5. The van der Waals surface area contributed by atoms with E-state index in [9.17, 15) is 9.59 Å². The van der Waals surface area contributed by atoms with Gasteiger partial charge in [-0.05, 0) is 36.2 Å². The van der Waals surface area contributed by atoms with E-state index >= 15 is 0 Å². The lowest BCUT2D eigenvalue weighted by Crippen LogP contribution is -2.32. The van der Waals surface area contributed by atoms with Crippen LogP contribution in [0.15, 0.2) is 11.6 Å². The van der Waals surface area contributed by atoms with Crippen molar-refractivity contribution >= 4 is 11.8 Å². The minimum Gasteiger partial charge on any atom is -0.481 e. The highest BCUT2D eigenvalue weighted by atomic mass is 16.4. The summed E-state index contributed by atoms with van der Waals surface area (Å²) in [5.74, 6) is -0.932. The van der Waals surface area contributed by atoms with Crippen LogP contribution >= 0.6 is 0 Å². The topological polar surface area (TPSA) is 54.4 Å². The van der Waals surface area contributed by atoms with Crippen molar-refractivity contribution in [3.63, 3.8) is 0 Å². The monoisotopic (exact) mass is 250 g/mol. The highest BCUT2D eigenvalue weighted by Crippen LogP contribution is 2.65. The van der Waals surface area contributed by atoms with Gasteiger partial charge in [0.05, 0.1) is 5.92 Å². The van der Waals surface area contributed by atoms with Crippen LogP contribution in [-0.4, -0.2) is 16.9 Å². The lowest BCUT2D eigenvalue weighted by atomic mass is 9.70. The van der Waals surface area contributed by atoms with Crippen molar-refractivity contribution in [2.24, 2.45) is 22.7 Å². The molecule has 0 heterocycles. The number of Topliss-reactive ketones (excluding diaryl/α,β-unsaturated/α-hetero) is 1. The first-order valence-corrected chi connectivity index (χ1v) is 6.75. The third-order valence-electron chi connectivity index (χ3n) is 5.50. The smallest absolute Gasteiger partial charge is 0.310 e. The van der Waals surface area contributed by atoms with Crippen LogP contribution in [0.4, 0.5) is 0 Å². The molecular weight excluding hydrogens is 228 g/mol. The van der Waals surface area contributed by atoms with Crippen molar-refractivity contribution in [1.29, 1.82) is 0 Å². The van der Waals surface area contributed by atoms with Gasteiger partial charge in [-0.2, -0.15) is 0 Å². The summed E-state index contributed by atoms with van der Waals surface area (Å²) in [5, 5.41) is 9.13. The molecule has 2 saturated carbocycles. The molecule has 2 bridgehead atoms. The zero-order valence-electron chi connectivity index (χ0n) is 11.6. The van der Waals surface area contributed by atoms with Crippen LogP contribution < -0.4 is 0 Å². The molecule has 2 aliphatic rings. The van der Waals surface area contributed by atoms with E-state index in [0.717, 1.165) is 18.4 Å². The Bertz CT molecular complexity index is 433. The normalized spacial score (nSPS) is 37.2. The zero-order valence-corrected chi connectivity index (χ0v) is 11.6. The average molecular weight is 250 g/mol. The Morgan fingerprint density at radius 1 is 1.50 bits per heavy atom. The molecule has 0 saturated heterocycles. The quantitative estimate of drug-likeness (QED) is 0.783. The fourth-order valence-corrected chi connectivity index (χ4v) is 3.70. The first kappa shape index (κ1) is 13.3. The summed E-state index contributed by atoms with van der Waals surface area (Å²) in [4.78, 5) is 23.6. The number of ketones is 1. The highest BCUT2D eigenvalue weighted by Gasteiger charge is 2.63. The predicted octanol–water partition coefficient (Wildman–Crippen LogP) is 3.05. The SMILES string of the molecule is CCC(/C=C1/C(=O)C2(C)CCC1C2(C)C)C(=O)O. The number of carbonyl (C=O) groups is 2. The largest absolute Gasteiger partial charge is 0.481 e. The summed E-state index contributed by atoms with van der Waals surface area (Å²) in [6, 6.07) is 0. The summed E-state index contributed by atoms with van der Waals surface area (Å²) >= 11 is 0. The Balaban J connectivity index is 2.41. The molecule has 0 radical (unpaired) electrons. The molecule has 3 heteroatoms. The molecule has 100 valence electrons. The number of carboxylic acid groups (broad SMARTS) is 1. The summed E-state index contributed by atoms with van der Waals surface area (Å²) in [5.41, 5.74) is 0.454. The highest BCUT2D eigenvalue weighted by molar-refractivity contribution is 6.05. The summed E-state index contributed by atoms with van der Waals surface area (Å²) < 4.78 is 0. The van der Waals surface area contributed by atoms with Crippen molar-refractivity contribution in [3.05, 3.63) is 11.6 Å². The molecule has 0 aliphatic heterocycles. The van der Waals surface area contributed by atoms with Gasteiger partial charge in [0, 0.05) is 5.41 Å². The predicted molar refractivity (Wildman–Crippen MR) is 69.1 cm³/mol. The van der Waals surface area contributed by atoms with Gasteiger partial charge < -0.3 is 5.11 Å². The van der Waals surface area contributed by atoms with Crippen LogP contribution in [0.1, 0.15) is 47.0 Å². The fourth-order valence-electron chi connectivity index (χ4n) is 3.70. The Hall–Kier alpha value is -1.12. The Morgan fingerprint density at radius 2 is 2.11 bits per heavy atom. The van der Waals surface area contributed by atoms with Crippen molar-refractivity contribution in [2.75, 3.05) is 0 Å². The molecule has 2 aliphatic carbocycles. The van der Waals surface area contributed by atoms with E-state index in [1.165, 1.54) is 0 Å². The zero-order chi connectivity index (χ0) is 13.7. The number of hydrogen-bond donors (Lipinski definition) is 1. The fraction of sp³-hybridized carbons (Fsp3) is 0.733. The molecule has 1 N–H and O–H groups in total. The standard InChI is InChI=1S/C15H22O3/c1-5-9(13(17)18)8-10-11-6-7-15(4,12(10)16)14(11,2)3/h8-9,11H,5-7H2,1-4H3,(H,17,18)/b10-8+. The molecule has 0 aromatic carbocycles. The first-order valence-electron chi connectivity index (χ1n) is 6.75. The third kappa shape index (κ3) is 1.49. The van der Waals surface area contributed by atoms with Crippen LogP contribution in [0.3, 0.4) is 0 Å². The number of fused-ring (bicyclic) bond motifs is 2. The number of aliphatic carboxylic acids is 1.